The zero-order valence-corrected chi connectivity index (χ0v) is 21.6. The summed E-state index contributed by atoms with van der Waals surface area (Å²) in [6.45, 7) is 11.3. The van der Waals surface area contributed by atoms with Gasteiger partial charge >= 0.3 is 0 Å². The summed E-state index contributed by atoms with van der Waals surface area (Å²) in [5, 5.41) is -0.639. The molecule has 34 heavy (non-hydrogen) atoms. The lowest BCUT2D eigenvalue weighted by Gasteiger charge is -2.34. The number of rotatable bonds is 5. The second-order valence-corrected chi connectivity index (χ2v) is 12.8. The molecule has 1 unspecified atom stereocenters. The number of benzene rings is 1. The molecule has 0 spiro atoms. The molecular weight excluding hydrogens is 448 g/mol. The van der Waals surface area contributed by atoms with Gasteiger partial charge in [0, 0.05) is 23.7 Å². The number of carbonyl (C=O) groups excluding carboxylic acids is 1. The summed E-state index contributed by atoms with van der Waals surface area (Å²) in [5.41, 5.74) is 9.98. The highest BCUT2D eigenvalue weighted by Gasteiger charge is 2.40. The summed E-state index contributed by atoms with van der Waals surface area (Å²) in [7, 11) is -3.82. The maximum atomic E-state index is 13.3. The number of hydrogen-bond acceptors (Lipinski definition) is 6. The number of carbonyl (C=O) groups is 1. The van der Waals surface area contributed by atoms with Crippen molar-refractivity contribution in [3.05, 3.63) is 47.0 Å². The van der Waals surface area contributed by atoms with E-state index < -0.39 is 21.2 Å². The monoisotopic (exact) mass is 484 g/mol. The van der Waals surface area contributed by atoms with Crippen molar-refractivity contribution >= 4 is 21.7 Å². The number of hydrogen-bond donors (Lipinski definition) is 2. The van der Waals surface area contributed by atoms with Crippen LogP contribution in [0.4, 0.5) is 5.82 Å². The molecule has 0 bridgehead atoms. The van der Waals surface area contributed by atoms with E-state index >= 15 is 0 Å². The summed E-state index contributed by atoms with van der Waals surface area (Å²) in [5.74, 6) is 0.329. The summed E-state index contributed by atoms with van der Waals surface area (Å²) in [6.07, 6.45) is 2.45. The highest BCUT2D eigenvalue weighted by molar-refractivity contribution is 7.90. The number of sulfonamides is 1. The molecule has 8 heteroatoms. The van der Waals surface area contributed by atoms with Crippen molar-refractivity contribution in [2.45, 2.75) is 77.1 Å². The van der Waals surface area contributed by atoms with Crippen LogP contribution in [0.2, 0.25) is 0 Å². The Morgan fingerprint density at radius 2 is 1.91 bits per heavy atom. The molecular formula is C26H36N4O3S. The molecule has 2 aliphatic rings. The van der Waals surface area contributed by atoms with Crippen LogP contribution in [-0.2, 0) is 10.0 Å². The highest BCUT2D eigenvalue weighted by Crippen LogP contribution is 2.38. The van der Waals surface area contributed by atoms with Crippen molar-refractivity contribution < 1.29 is 13.2 Å². The number of nitrogens with two attached hydrogens (primary N) is 1. The lowest BCUT2D eigenvalue weighted by Crippen LogP contribution is -2.42. The van der Waals surface area contributed by atoms with Gasteiger partial charge in [-0.2, -0.15) is 0 Å². The van der Waals surface area contributed by atoms with Crippen LogP contribution >= 0.6 is 0 Å². The zero-order valence-electron chi connectivity index (χ0n) is 20.8. The molecule has 3 atom stereocenters. The van der Waals surface area contributed by atoms with Crippen molar-refractivity contribution in [3.63, 3.8) is 0 Å². The number of pyridine rings is 1. The van der Waals surface area contributed by atoms with E-state index in [0.29, 0.717) is 31.0 Å². The van der Waals surface area contributed by atoms with Gasteiger partial charge in [-0.1, -0.05) is 24.6 Å². The van der Waals surface area contributed by atoms with E-state index in [0.717, 1.165) is 35.3 Å². The lowest BCUT2D eigenvalue weighted by molar-refractivity contribution is 0.0981. The van der Waals surface area contributed by atoms with E-state index in [-0.39, 0.29) is 17.1 Å². The van der Waals surface area contributed by atoms with Gasteiger partial charge in [0.2, 0.25) is 10.0 Å². The van der Waals surface area contributed by atoms with Gasteiger partial charge in [-0.05, 0) is 83.1 Å². The van der Waals surface area contributed by atoms with Crippen LogP contribution in [0.3, 0.4) is 0 Å². The number of aryl methyl sites for hydroxylation is 2. The summed E-state index contributed by atoms with van der Waals surface area (Å²) >= 11 is 0. The first-order chi connectivity index (χ1) is 15.9. The fraction of sp³-hybridized carbons (Fsp3) is 0.538. The van der Waals surface area contributed by atoms with Gasteiger partial charge < -0.3 is 10.6 Å². The normalized spacial score (nSPS) is 24.4. The van der Waals surface area contributed by atoms with Gasteiger partial charge in [-0.15, -0.1) is 0 Å². The minimum absolute atomic E-state index is 0.141. The Balaban J connectivity index is 1.76. The fourth-order valence-corrected chi connectivity index (χ4v) is 6.96. The van der Waals surface area contributed by atoms with Crippen molar-refractivity contribution in [1.29, 1.82) is 0 Å². The molecule has 1 aromatic heterocycles. The van der Waals surface area contributed by atoms with Crippen LogP contribution in [0.1, 0.15) is 67.9 Å². The molecule has 2 heterocycles. The minimum atomic E-state index is -3.82. The molecule has 3 N–H and O–H groups in total. The van der Waals surface area contributed by atoms with Gasteiger partial charge in [-0.3, -0.25) is 4.79 Å². The second-order valence-electron chi connectivity index (χ2n) is 10.8. The minimum Gasteiger partial charge on any atom is -0.351 e. The van der Waals surface area contributed by atoms with Crippen LogP contribution in [-0.4, -0.2) is 42.7 Å². The molecule has 7 nitrogen and oxygen atoms in total. The SMILES string of the molecule is Cc1ccc(C)c(-c2ccc(C(=O)NS(=O)(=O)C3CC[C@H](N)C3)c(N3C[C@@H](C)CC3(C)C)n2)c1. The third-order valence-corrected chi connectivity index (χ3v) is 8.99. The molecule has 1 aliphatic heterocycles. The van der Waals surface area contributed by atoms with Gasteiger partial charge in [0.1, 0.15) is 5.82 Å². The number of anilines is 1. The van der Waals surface area contributed by atoms with Gasteiger partial charge in [0.05, 0.1) is 16.5 Å². The average Bonchev–Trinajstić information content (AvgIpc) is 3.31. The Labute approximate surface area is 203 Å². The van der Waals surface area contributed by atoms with Gasteiger partial charge in [0.15, 0.2) is 0 Å². The van der Waals surface area contributed by atoms with Gasteiger partial charge in [0.25, 0.3) is 5.91 Å². The Morgan fingerprint density at radius 1 is 1.18 bits per heavy atom. The first kappa shape index (κ1) is 24.7. The van der Waals surface area contributed by atoms with Crippen LogP contribution in [0.5, 0.6) is 0 Å². The van der Waals surface area contributed by atoms with E-state index in [2.05, 4.69) is 48.6 Å². The summed E-state index contributed by atoms with van der Waals surface area (Å²) in [6, 6.07) is 9.60. The number of nitrogens with one attached hydrogen (secondary N) is 1. The third-order valence-electron chi connectivity index (χ3n) is 7.22. The molecule has 2 aromatic rings. The van der Waals surface area contributed by atoms with Crippen LogP contribution < -0.4 is 15.4 Å². The first-order valence-electron chi connectivity index (χ1n) is 12.1. The largest absolute Gasteiger partial charge is 0.351 e. The topological polar surface area (TPSA) is 105 Å². The standard InChI is InChI=1S/C26H36N4O3S/c1-16-6-7-18(3)22(12-16)23-11-10-21(24(28-23)30-15-17(2)14-26(30,4)5)25(31)29-34(32,33)20-9-8-19(27)13-20/h6-7,10-12,17,19-20H,8-9,13-15,27H2,1-5H3,(H,29,31)/t17-,19-,20?/m0/s1. The van der Waals surface area contributed by atoms with E-state index in [9.17, 15) is 13.2 Å². The molecule has 1 aliphatic carbocycles. The van der Waals surface area contributed by atoms with Crippen LogP contribution in [0.25, 0.3) is 11.3 Å². The quantitative estimate of drug-likeness (QED) is 0.666. The lowest BCUT2D eigenvalue weighted by atomic mass is 9.97. The third kappa shape index (κ3) is 4.84. The molecule has 1 saturated heterocycles. The molecule has 4 rings (SSSR count). The smallest absolute Gasteiger partial charge is 0.268 e. The second kappa shape index (κ2) is 8.96. The highest BCUT2D eigenvalue weighted by atomic mass is 32.2. The van der Waals surface area contributed by atoms with Crippen molar-refractivity contribution in [2.75, 3.05) is 11.4 Å². The Morgan fingerprint density at radius 3 is 2.53 bits per heavy atom. The first-order valence-corrected chi connectivity index (χ1v) is 13.6. The maximum absolute atomic E-state index is 13.3. The molecule has 184 valence electrons. The van der Waals surface area contributed by atoms with E-state index in [1.807, 2.05) is 19.9 Å². The molecule has 2 fully saturated rings. The summed E-state index contributed by atoms with van der Waals surface area (Å²) < 4.78 is 28.2. The van der Waals surface area contributed by atoms with E-state index in [1.54, 1.807) is 6.07 Å². The Kier molecular flexibility index (Phi) is 6.50. The predicted molar refractivity (Wildman–Crippen MR) is 136 cm³/mol. The Bertz CT molecular complexity index is 1210. The van der Waals surface area contributed by atoms with Gasteiger partial charge in [-0.25, -0.2) is 18.1 Å². The molecule has 1 aromatic carbocycles. The maximum Gasteiger partial charge on any atom is 0.268 e. The van der Waals surface area contributed by atoms with E-state index in [1.165, 1.54) is 0 Å². The number of nitrogens with zero attached hydrogens (tertiary/aromatic N) is 2. The summed E-state index contributed by atoms with van der Waals surface area (Å²) in [4.78, 5) is 20.5. The van der Waals surface area contributed by atoms with Crippen molar-refractivity contribution in [3.8, 4) is 11.3 Å². The predicted octanol–water partition coefficient (Wildman–Crippen LogP) is 3.93. The fourth-order valence-electron chi connectivity index (χ4n) is 5.48. The van der Waals surface area contributed by atoms with Crippen molar-refractivity contribution in [2.24, 2.45) is 11.7 Å². The van der Waals surface area contributed by atoms with Crippen LogP contribution in [0, 0.1) is 19.8 Å². The Hall–Kier alpha value is -2.45. The molecule has 0 radical (unpaired) electrons. The average molecular weight is 485 g/mol. The van der Waals surface area contributed by atoms with Crippen molar-refractivity contribution in [1.82, 2.24) is 9.71 Å². The molecule has 1 amide bonds. The number of amides is 1. The molecule has 1 saturated carbocycles. The van der Waals surface area contributed by atoms with E-state index in [4.69, 9.17) is 10.7 Å². The number of aromatic nitrogens is 1. The van der Waals surface area contributed by atoms with Crippen LogP contribution in [0.15, 0.2) is 30.3 Å². The zero-order chi connectivity index (χ0) is 24.8.